The highest BCUT2D eigenvalue weighted by atomic mass is 32.2. The Bertz CT molecular complexity index is 529. The van der Waals surface area contributed by atoms with E-state index in [-0.39, 0.29) is 0 Å². The van der Waals surface area contributed by atoms with Gasteiger partial charge in [0.05, 0.1) is 0 Å². The van der Waals surface area contributed by atoms with Crippen LogP contribution in [0.4, 0.5) is 5.82 Å². The predicted molar refractivity (Wildman–Crippen MR) is 72.3 cm³/mol. The molecule has 0 bridgehead atoms. The molecule has 18 heavy (non-hydrogen) atoms. The van der Waals surface area contributed by atoms with Gasteiger partial charge < -0.3 is 5.43 Å². The molecule has 5 nitrogen and oxygen atoms in total. The number of pyridine rings is 1. The Morgan fingerprint density at radius 3 is 2.61 bits per heavy atom. The van der Waals surface area contributed by atoms with Crippen molar-refractivity contribution in [2.75, 3.05) is 5.43 Å². The first-order valence-corrected chi connectivity index (χ1v) is 6.48. The highest BCUT2D eigenvalue weighted by Crippen LogP contribution is 2.30. The van der Waals surface area contributed by atoms with Gasteiger partial charge in [0, 0.05) is 29.3 Å². The quantitative estimate of drug-likeness (QED) is 0.499. The van der Waals surface area contributed by atoms with E-state index < -0.39 is 0 Å². The summed E-state index contributed by atoms with van der Waals surface area (Å²) in [4.78, 5) is 14.0. The lowest BCUT2D eigenvalue weighted by Gasteiger charge is -2.10. The van der Waals surface area contributed by atoms with E-state index in [4.69, 9.17) is 5.84 Å². The van der Waals surface area contributed by atoms with Crippen LogP contribution in [0.2, 0.25) is 0 Å². The van der Waals surface area contributed by atoms with E-state index in [1.54, 1.807) is 24.2 Å². The molecule has 2 heterocycles. The van der Waals surface area contributed by atoms with Crippen LogP contribution >= 0.6 is 11.8 Å². The molecule has 0 saturated heterocycles. The SMILES string of the molecule is CCc1nc(NN)c(C)c(Sc2ccncc2)n1. The molecule has 0 aromatic carbocycles. The van der Waals surface area contributed by atoms with Crippen LogP contribution in [0.5, 0.6) is 0 Å². The summed E-state index contributed by atoms with van der Waals surface area (Å²) in [5, 5.41) is 0.918. The summed E-state index contributed by atoms with van der Waals surface area (Å²) in [6, 6.07) is 3.90. The average molecular weight is 261 g/mol. The average Bonchev–Trinajstić information content (AvgIpc) is 2.42. The normalized spacial score (nSPS) is 10.4. The number of rotatable bonds is 4. The second-order valence-electron chi connectivity index (χ2n) is 3.70. The fraction of sp³-hybridized carbons (Fsp3) is 0.250. The lowest BCUT2D eigenvalue weighted by Crippen LogP contribution is -2.13. The van der Waals surface area contributed by atoms with Crippen LogP contribution in [0.1, 0.15) is 18.3 Å². The summed E-state index contributed by atoms with van der Waals surface area (Å²) in [5.41, 5.74) is 3.57. The Hall–Kier alpha value is -1.66. The Balaban J connectivity index is 2.37. The number of hydrogen-bond donors (Lipinski definition) is 2. The van der Waals surface area contributed by atoms with Crippen LogP contribution in [0, 0.1) is 6.92 Å². The molecular weight excluding hydrogens is 246 g/mol. The van der Waals surface area contributed by atoms with Crippen molar-refractivity contribution in [3.63, 3.8) is 0 Å². The molecule has 0 amide bonds. The van der Waals surface area contributed by atoms with Gasteiger partial charge in [0.1, 0.15) is 16.7 Å². The van der Waals surface area contributed by atoms with Gasteiger partial charge in [-0.2, -0.15) is 0 Å². The number of aryl methyl sites for hydroxylation is 1. The van der Waals surface area contributed by atoms with E-state index in [2.05, 4.69) is 20.4 Å². The molecule has 6 heteroatoms. The van der Waals surface area contributed by atoms with Crippen molar-refractivity contribution in [2.24, 2.45) is 5.84 Å². The highest BCUT2D eigenvalue weighted by molar-refractivity contribution is 7.99. The van der Waals surface area contributed by atoms with E-state index >= 15 is 0 Å². The van der Waals surface area contributed by atoms with Crippen LogP contribution in [-0.4, -0.2) is 15.0 Å². The minimum Gasteiger partial charge on any atom is -0.308 e. The van der Waals surface area contributed by atoms with Crippen LogP contribution in [0.25, 0.3) is 0 Å². The van der Waals surface area contributed by atoms with Crippen LogP contribution in [-0.2, 0) is 6.42 Å². The van der Waals surface area contributed by atoms with E-state index in [1.807, 2.05) is 26.0 Å². The summed E-state index contributed by atoms with van der Waals surface area (Å²) in [7, 11) is 0. The monoisotopic (exact) mass is 261 g/mol. The van der Waals surface area contributed by atoms with Crippen molar-refractivity contribution < 1.29 is 0 Å². The molecule has 94 valence electrons. The van der Waals surface area contributed by atoms with Crippen LogP contribution in [0.3, 0.4) is 0 Å². The third-order valence-electron chi connectivity index (χ3n) is 2.46. The molecule has 0 fully saturated rings. The minimum atomic E-state index is 0.679. The zero-order valence-corrected chi connectivity index (χ0v) is 11.2. The third kappa shape index (κ3) is 2.77. The van der Waals surface area contributed by atoms with E-state index in [0.717, 1.165) is 27.7 Å². The van der Waals surface area contributed by atoms with E-state index in [0.29, 0.717) is 5.82 Å². The maximum absolute atomic E-state index is 5.48. The van der Waals surface area contributed by atoms with Gasteiger partial charge in [0.25, 0.3) is 0 Å². The highest BCUT2D eigenvalue weighted by Gasteiger charge is 2.10. The molecule has 0 aliphatic rings. The third-order valence-corrected chi connectivity index (χ3v) is 3.56. The molecule has 0 unspecified atom stereocenters. The molecule has 0 aliphatic carbocycles. The molecule has 0 saturated carbocycles. The topological polar surface area (TPSA) is 76.7 Å². The van der Waals surface area contributed by atoms with Gasteiger partial charge in [0.15, 0.2) is 0 Å². The Morgan fingerprint density at radius 1 is 1.28 bits per heavy atom. The second kappa shape index (κ2) is 5.79. The van der Waals surface area contributed by atoms with Crippen molar-refractivity contribution in [3.8, 4) is 0 Å². The van der Waals surface area contributed by atoms with E-state index in [9.17, 15) is 0 Å². The lowest BCUT2D eigenvalue weighted by atomic mass is 10.3. The summed E-state index contributed by atoms with van der Waals surface area (Å²) in [5.74, 6) is 6.94. The molecule has 2 rings (SSSR count). The summed E-state index contributed by atoms with van der Waals surface area (Å²) >= 11 is 1.59. The number of hydrazine groups is 1. The van der Waals surface area contributed by atoms with E-state index in [1.165, 1.54) is 0 Å². The van der Waals surface area contributed by atoms with Crippen molar-refractivity contribution in [1.82, 2.24) is 15.0 Å². The Kier molecular flexibility index (Phi) is 4.11. The minimum absolute atomic E-state index is 0.679. The van der Waals surface area contributed by atoms with Gasteiger partial charge >= 0.3 is 0 Å². The number of nitrogens with zero attached hydrogens (tertiary/aromatic N) is 3. The van der Waals surface area contributed by atoms with Gasteiger partial charge in [-0.1, -0.05) is 18.7 Å². The Labute approximate surface area is 110 Å². The smallest absolute Gasteiger partial charge is 0.147 e. The molecule has 2 aromatic rings. The predicted octanol–water partition coefficient (Wildman–Crippen LogP) is 2.18. The van der Waals surface area contributed by atoms with Gasteiger partial charge in [0.2, 0.25) is 0 Å². The maximum atomic E-state index is 5.48. The number of nitrogens with one attached hydrogen (secondary N) is 1. The van der Waals surface area contributed by atoms with Crippen LogP contribution in [0.15, 0.2) is 34.4 Å². The largest absolute Gasteiger partial charge is 0.308 e. The number of hydrogen-bond acceptors (Lipinski definition) is 6. The number of nitrogen functional groups attached to an aromatic ring is 1. The van der Waals surface area contributed by atoms with Gasteiger partial charge in [-0.25, -0.2) is 15.8 Å². The number of anilines is 1. The van der Waals surface area contributed by atoms with Gasteiger partial charge in [-0.15, -0.1) is 0 Å². The van der Waals surface area contributed by atoms with Crippen molar-refractivity contribution in [3.05, 3.63) is 35.9 Å². The van der Waals surface area contributed by atoms with Gasteiger partial charge in [-0.3, -0.25) is 4.98 Å². The molecule has 0 aliphatic heterocycles. The van der Waals surface area contributed by atoms with Crippen molar-refractivity contribution in [2.45, 2.75) is 30.2 Å². The molecule has 3 N–H and O–H groups in total. The maximum Gasteiger partial charge on any atom is 0.147 e. The molecular formula is C12H15N5S. The molecule has 0 radical (unpaired) electrons. The molecule has 0 atom stereocenters. The lowest BCUT2D eigenvalue weighted by molar-refractivity contribution is 0.871. The fourth-order valence-electron chi connectivity index (χ4n) is 1.46. The molecule has 0 spiro atoms. The number of nitrogens with two attached hydrogens (primary N) is 1. The first-order chi connectivity index (χ1) is 8.74. The fourth-order valence-corrected chi connectivity index (χ4v) is 2.34. The zero-order chi connectivity index (χ0) is 13.0. The molecule has 2 aromatic heterocycles. The summed E-state index contributed by atoms with van der Waals surface area (Å²) in [6.45, 7) is 3.98. The first-order valence-electron chi connectivity index (χ1n) is 5.66. The zero-order valence-electron chi connectivity index (χ0n) is 10.3. The van der Waals surface area contributed by atoms with Crippen molar-refractivity contribution in [1.29, 1.82) is 0 Å². The second-order valence-corrected chi connectivity index (χ2v) is 4.76. The number of aromatic nitrogens is 3. The summed E-state index contributed by atoms with van der Waals surface area (Å²) in [6.07, 6.45) is 4.31. The van der Waals surface area contributed by atoms with Crippen LogP contribution < -0.4 is 11.3 Å². The summed E-state index contributed by atoms with van der Waals surface area (Å²) < 4.78 is 0. The standard InChI is InChI=1S/C12H15N5S/c1-3-10-15-11(17-13)8(2)12(16-10)18-9-4-6-14-7-5-9/h4-7H,3,13H2,1-2H3,(H,15,16,17). The van der Waals surface area contributed by atoms with Gasteiger partial charge in [-0.05, 0) is 19.1 Å². The van der Waals surface area contributed by atoms with Crippen molar-refractivity contribution >= 4 is 17.6 Å². The Morgan fingerprint density at radius 2 is 2.00 bits per heavy atom. The first kappa shape index (κ1) is 12.8.